The Morgan fingerprint density at radius 1 is 1.29 bits per heavy atom. The summed E-state index contributed by atoms with van der Waals surface area (Å²) in [6.07, 6.45) is 7.63. The van der Waals surface area contributed by atoms with Crippen LogP contribution in [0.4, 0.5) is 0 Å². The minimum absolute atomic E-state index is 0.318. The lowest BCUT2D eigenvalue weighted by Crippen LogP contribution is -2.50. The Kier molecular flexibility index (Phi) is 6.45. The van der Waals surface area contributed by atoms with Gasteiger partial charge in [0.2, 0.25) is 0 Å². The molecule has 3 heteroatoms. The van der Waals surface area contributed by atoms with E-state index in [-0.39, 0.29) is 0 Å². The Balaban J connectivity index is 2.58. The molecule has 3 nitrogen and oxygen atoms in total. The SMILES string of the molecule is CCCOCC(NN)C1(CC(C)C)CCCC1. The number of hydrazine groups is 1. The highest BCUT2D eigenvalue weighted by Gasteiger charge is 2.41. The largest absolute Gasteiger partial charge is 0.380 e. The quantitative estimate of drug-likeness (QED) is 0.391. The number of rotatable bonds is 8. The van der Waals surface area contributed by atoms with E-state index in [1.807, 2.05) is 0 Å². The average molecular weight is 242 g/mol. The van der Waals surface area contributed by atoms with Gasteiger partial charge in [-0.2, -0.15) is 0 Å². The zero-order valence-corrected chi connectivity index (χ0v) is 11.8. The topological polar surface area (TPSA) is 47.3 Å². The number of hydrogen-bond donors (Lipinski definition) is 2. The molecule has 1 fully saturated rings. The van der Waals surface area contributed by atoms with Crippen molar-refractivity contribution in [3.63, 3.8) is 0 Å². The van der Waals surface area contributed by atoms with Crippen LogP contribution in [0.3, 0.4) is 0 Å². The summed E-state index contributed by atoms with van der Waals surface area (Å²) in [6.45, 7) is 8.36. The number of ether oxygens (including phenoxy) is 1. The zero-order chi connectivity index (χ0) is 12.7. The van der Waals surface area contributed by atoms with E-state index in [0.717, 1.165) is 25.6 Å². The second-order valence-corrected chi connectivity index (χ2v) is 5.96. The molecule has 1 saturated carbocycles. The molecular weight excluding hydrogens is 212 g/mol. The Bertz CT molecular complexity index is 200. The van der Waals surface area contributed by atoms with Gasteiger partial charge in [-0.15, -0.1) is 0 Å². The van der Waals surface area contributed by atoms with Gasteiger partial charge in [-0.25, -0.2) is 0 Å². The van der Waals surface area contributed by atoms with E-state index in [1.54, 1.807) is 0 Å². The number of nitrogens with two attached hydrogens (primary N) is 1. The van der Waals surface area contributed by atoms with Gasteiger partial charge in [-0.1, -0.05) is 33.6 Å². The van der Waals surface area contributed by atoms with Crippen LogP contribution >= 0.6 is 0 Å². The summed E-state index contributed by atoms with van der Waals surface area (Å²) in [4.78, 5) is 0. The van der Waals surface area contributed by atoms with E-state index < -0.39 is 0 Å². The van der Waals surface area contributed by atoms with Gasteiger partial charge in [0.05, 0.1) is 12.6 Å². The van der Waals surface area contributed by atoms with Crippen molar-refractivity contribution in [2.75, 3.05) is 13.2 Å². The molecule has 102 valence electrons. The van der Waals surface area contributed by atoms with E-state index in [2.05, 4.69) is 26.2 Å². The zero-order valence-electron chi connectivity index (χ0n) is 11.8. The molecule has 0 spiro atoms. The van der Waals surface area contributed by atoms with Crippen LogP contribution in [0.15, 0.2) is 0 Å². The predicted octanol–water partition coefficient (Wildman–Crippen LogP) is 2.85. The lowest BCUT2D eigenvalue weighted by Gasteiger charge is -2.38. The van der Waals surface area contributed by atoms with Gasteiger partial charge in [0, 0.05) is 6.61 Å². The van der Waals surface area contributed by atoms with Gasteiger partial charge < -0.3 is 4.74 Å². The minimum atomic E-state index is 0.318. The highest BCUT2D eigenvalue weighted by Crippen LogP contribution is 2.45. The molecule has 1 rings (SSSR count). The van der Waals surface area contributed by atoms with Gasteiger partial charge in [0.15, 0.2) is 0 Å². The predicted molar refractivity (Wildman–Crippen MR) is 72.6 cm³/mol. The van der Waals surface area contributed by atoms with Crippen molar-refractivity contribution < 1.29 is 4.74 Å². The third kappa shape index (κ3) is 4.23. The Labute approximate surface area is 106 Å². The first-order valence-electron chi connectivity index (χ1n) is 7.18. The fraction of sp³-hybridized carbons (Fsp3) is 1.00. The van der Waals surface area contributed by atoms with Crippen molar-refractivity contribution in [1.29, 1.82) is 0 Å². The summed E-state index contributed by atoms with van der Waals surface area (Å²) < 4.78 is 5.71. The fourth-order valence-electron chi connectivity index (χ4n) is 3.33. The van der Waals surface area contributed by atoms with Gasteiger partial charge in [0.1, 0.15) is 0 Å². The first-order valence-corrected chi connectivity index (χ1v) is 7.18. The van der Waals surface area contributed by atoms with E-state index in [1.165, 1.54) is 32.1 Å². The van der Waals surface area contributed by atoms with Gasteiger partial charge in [-0.3, -0.25) is 11.3 Å². The van der Waals surface area contributed by atoms with Crippen LogP contribution in [0.25, 0.3) is 0 Å². The maximum Gasteiger partial charge on any atom is 0.0638 e. The summed E-state index contributed by atoms with van der Waals surface area (Å²) in [5, 5.41) is 0. The monoisotopic (exact) mass is 242 g/mol. The molecule has 1 aliphatic carbocycles. The van der Waals surface area contributed by atoms with Gasteiger partial charge in [-0.05, 0) is 37.0 Å². The molecule has 0 aromatic rings. The molecule has 0 aromatic carbocycles. The summed E-state index contributed by atoms with van der Waals surface area (Å²) in [5.41, 5.74) is 3.40. The Morgan fingerprint density at radius 2 is 1.94 bits per heavy atom. The van der Waals surface area contributed by atoms with Crippen molar-refractivity contribution >= 4 is 0 Å². The van der Waals surface area contributed by atoms with Gasteiger partial charge >= 0.3 is 0 Å². The molecule has 1 aliphatic rings. The first kappa shape index (κ1) is 14.9. The van der Waals surface area contributed by atoms with Crippen LogP contribution in [0.1, 0.15) is 59.3 Å². The van der Waals surface area contributed by atoms with E-state index >= 15 is 0 Å². The number of hydrogen-bond acceptors (Lipinski definition) is 3. The van der Waals surface area contributed by atoms with Crippen molar-refractivity contribution in [2.24, 2.45) is 17.2 Å². The van der Waals surface area contributed by atoms with Crippen molar-refractivity contribution in [3.05, 3.63) is 0 Å². The minimum Gasteiger partial charge on any atom is -0.380 e. The van der Waals surface area contributed by atoms with Crippen molar-refractivity contribution in [1.82, 2.24) is 5.43 Å². The molecule has 0 radical (unpaired) electrons. The van der Waals surface area contributed by atoms with Crippen LogP contribution in [0.5, 0.6) is 0 Å². The summed E-state index contributed by atoms with van der Waals surface area (Å²) in [6, 6.07) is 0.318. The molecule has 0 bridgehead atoms. The molecule has 3 N–H and O–H groups in total. The molecule has 1 unspecified atom stereocenters. The normalized spacial score (nSPS) is 21.0. The molecular formula is C14H30N2O. The maximum atomic E-state index is 5.77. The molecule has 0 amide bonds. The highest BCUT2D eigenvalue weighted by atomic mass is 16.5. The second-order valence-electron chi connectivity index (χ2n) is 5.96. The molecule has 0 aliphatic heterocycles. The Morgan fingerprint density at radius 3 is 2.41 bits per heavy atom. The molecule has 0 heterocycles. The standard InChI is InChI=1S/C14H30N2O/c1-4-9-17-11-13(16-15)14(10-12(2)3)7-5-6-8-14/h12-13,16H,4-11,15H2,1-3H3. The lowest BCUT2D eigenvalue weighted by atomic mass is 9.73. The van der Waals surface area contributed by atoms with Crippen LogP contribution < -0.4 is 11.3 Å². The third-order valence-electron chi connectivity index (χ3n) is 3.99. The van der Waals surface area contributed by atoms with E-state index in [9.17, 15) is 0 Å². The fourth-order valence-corrected chi connectivity index (χ4v) is 3.33. The van der Waals surface area contributed by atoms with Crippen molar-refractivity contribution in [3.8, 4) is 0 Å². The number of nitrogens with one attached hydrogen (secondary N) is 1. The van der Waals surface area contributed by atoms with Crippen LogP contribution in [-0.2, 0) is 4.74 Å². The highest BCUT2D eigenvalue weighted by molar-refractivity contribution is 4.94. The van der Waals surface area contributed by atoms with E-state index in [4.69, 9.17) is 10.6 Å². The second kappa shape index (κ2) is 7.34. The van der Waals surface area contributed by atoms with Crippen LogP contribution in [0.2, 0.25) is 0 Å². The summed E-state index contributed by atoms with van der Waals surface area (Å²) >= 11 is 0. The lowest BCUT2D eigenvalue weighted by molar-refractivity contribution is 0.0475. The molecule has 0 aromatic heterocycles. The average Bonchev–Trinajstić information content (AvgIpc) is 2.73. The van der Waals surface area contributed by atoms with Gasteiger partial charge in [0.25, 0.3) is 0 Å². The maximum absolute atomic E-state index is 5.77. The molecule has 0 saturated heterocycles. The van der Waals surface area contributed by atoms with Crippen LogP contribution in [-0.4, -0.2) is 19.3 Å². The van der Waals surface area contributed by atoms with Crippen molar-refractivity contribution in [2.45, 2.75) is 65.3 Å². The van der Waals surface area contributed by atoms with Crippen LogP contribution in [0, 0.1) is 11.3 Å². The summed E-state index contributed by atoms with van der Waals surface area (Å²) in [7, 11) is 0. The Hall–Kier alpha value is -0.120. The smallest absolute Gasteiger partial charge is 0.0638 e. The molecule has 17 heavy (non-hydrogen) atoms. The summed E-state index contributed by atoms with van der Waals surface area (Å²) in [5.74, 6) is 6.50. The molecule has 1 atom stereocenters. The third-order valence-corrected chi connectivity index (χ3v) is 3.99. The first-order chi connectivity index (χ1) is 8.14. The van der Waals surface area contributed by atoms with E-state index in [0.29, 0.717) is 11.5 Å².